The molecule has 2 heterocycles. The van der Waals surface area contributed by atoms with Gasteiger partial charge in [-0.3, -0.25) is 19.3 Å². The van der Waals surface area contributed by atoms with Crippen LogP contribution in [0.15, 0.2) is 30.3 Å². The zero-order chi connectivity index (χ0) is 18.0. The maximum atomic E-state index is 12.8. The Hall–Kier alpha value is -2.90. The number of amides is 4. The third-order valence-electron chi connectivity index (χ3n) is 4.53. The highest BCUT2D eigenvalue weighted by Gasteiger charge is 2.49. The number of rotatable bonds is 5. The minimum atomic E-state index is -1.06. The molecule has 1 aromatic rings. The Bertz CT molecular complexity index is 705. The number of hydrogen-bond acceptors (Lipinski definition) is 4. The van der Waals surface area contributed by atoms with Crippen LogP contribution in [0.25, 0.3) is 0 Å². The lowest BCUT2D eigenvalue weighted by Gasteiger charge is -2.37. The summed E-state index contributed by atoms with van der Waals surface area (Å²) in [5.41, 5.74) is 0.811. The average molecular weight is 345 g/mol. The van der Waals surface area contributed by atoms with Crippen molar-refractivity contribution in [3.05, 3.63) is 35.9 Å². The number of benzene rings is 1. The molecule has 0 radical (unpaired) electrons. The molecule has 0 aliphatic carbocycles. The van der Waals surface area contributed by atoms with Gasteiger partial charge in [0.2, 0.25) is 5.91 Å². The highest BCUT2D eigenvalue weighted by atomic mass is 16.4. The number of imide groups is 1. The first-order valence-corrected chi connectivity index (χ1v) is 8.14. The molecule has 0 saturated carbocycles. The lowest BCUT2D eigenvalue weighted by Crippen LogP contribution is -2.64. The van der Waals surface area contributed by atoms with Gasteiger partial charge in [0.15, 0.2) is 0 Å². The van der Waals surface area contributed by atoms with E-state index >= 15 is 0 Å². The second kappa shape index (κ2) is 6.92. The van der Waals surface area contributed by atoms with Crippen LogP contribution in [-0.4, -0.2) is 57.3 Å². The standard InChI is InChI=1S/C17H19N3O5/c21-13(6-7-14(22)23)19-9-8-12-15(19)16(24)20(17(25)18-12)10-11-4-2-1-3-5-11/h1-5,12,15H,6-10H2,(H,18,25)(H,22,23)/t12-,15+/m1/s1. The van der Waals surface area contributed by atoms with Crippen LogP contribution in [0, 0.1) is 0 Å². The highest BCUT2D eigenvalue weighted by molar-refractivity contribution is 6.02. The van der Waals surface area contributed by atoms with E-state index in [0.717, 1.165) is 10.5 Å². The maximum Gasteiger partial charge on any atom is 0.324 e. The fourth-order valence-electron chi connectivity index (χ4n) is 3.30. The van der Waals surface area contributed by atoms with E-state index in [2.05, 4.69) is 5.32 Å². The van der Waals surface area contributed by atoms with Crippen LogP contribution in [0.2, 0.25) is 0 Å². The van der Waals surface area contributed by atoms with Gasteiger partial charge in [-0.15, -0.1) is 0 Å². The van der Waals surface area contributed by atoms with Gasteiger partial charge in [0.05, 0.1) is 19.0 Å². The molecule has 0 unspecified atom stereocenters. The quantitative estimate of drug-likeness (QED) is 0.811. The summed E-state index contributed by atoms with van der Waals surface area (Å²) >= 11 is 0. The number of carboxylic acids is 1. The molecular weight excluding hydrogens is 326 g/mol. The maximum absolute atomic E-state index is 12.8. The van der Waals surface area contributed by atoms with Gasteiger partial charge in [-0.2, -0.15) is 0 Å². The second-order valence-corrected chi connectivity index (χ2v) is 6.18. The number of nitrogens with zero attached hydrogens (tertiary/aromatic N) is 2. The SMILES string of the molecule is O=C(O)CCC(=O)N1CC[C@H]2NC(=O)N(Cc3ccccc3)C(=O)[C@H]21. The number of urea groups is 1. The molecule has 8 nitrogen and oxygen atoms in total. The van der Waals surface area contributed by atoms with Crippen molar-refractivity contribution in [2.24, 2.45) is 0 Å². The van der Waals surface area contributed by atoms with Crippen molar-refractivity contribution in [3.63, 3.8) is 0 Å². The first-order chi connectivity index (χ1) is 12.0. The topological polar surface area (TPSA) is 107 Å². The molecule has 3 rings (SSSR count). The number of carboxylic acid groups (broad SMARTS) is 1. The van der Waals surface area contributed by atoms with Crippen molar-refractivity contribution in [2.75, 3.05) is 6.54 Å². The number of fused-ring (bicyclic) bond motifs is 1. The summed E-state index contributed by atoms with van der Waals surface area (Å²) in [6.45, 7) is 0.463. The summed E-state index contributed by atoms with van der Waals surface area (Å²) in [5.74, 6) is -1.85. The number of nitrogens with one attached hydrogen (secondary N) is 1. The van der Waals surface area contributed by atoms with Gasteiger partial charge in [-0.1, -0.05) is 30.3 Å². The first kappa shape index (κ1) is 16.9. The van der Waals surface area contributed by atoms with Crippen molar-refractivity contribution in [1.29, 1.82) is 0 Å². The minimum absolute atomic E-state index is 0.131. The normalized spacial score (nSPS) is 22.6. The van der Waals surface area contributed by atoms with Crippen LogP contribution in [0.4, 0.5) is 4.79 Å². The Balaban J connectivity index is 1.75. The summed E-state index contributed by atoms with van der Waals surface area (Å²) in [6, 6.07) is 7.48. The fourth-order valence-corrected chi connectivity index (χ4v) is 3.30. The molecule has 2 atom stereocenters. The number of carbonyl (C=O) groups excluding carboxylic acids is 3. The van der Waals surface area contributed by atoms with Gasteiger partial charge in [-0.05, 0) is 12.0 Å². The van der Waals surface area contributed by atoms with Crippen molar-refractivity contribution >= 4 is 23.8 Å². The highest BCUT2D eigenvalue weighted by Crippen LogP contribution is 2.26. The van der Waals surface area contributed by atoms with Crippen LogP contribution in [0.3, 0.4) is 0 Å². The zero-order valence-corrected chi connectivity index (χ0v) is 13.6. The molecule has 0 bridgehead atoms. The van der Waals surface area contributed by atoms with E-state index < -0.39 is 30.0 Å². The Morgan fingerprint density at radius 1 is 1.16 bits per heavy atom. The molecule has 0 aromatic heterocycles. The van der Waals surface area contributed by atoms with Crippen LogP contribution in [0.1, 0.15) is 24.8 Å². The minimum Gasteiger partial charge on any atom is -0.481 e. The van der Waals surface area contributed by atoms with E-state index in [4.69, 9.17) is 5.11 Å². The summed E-state index contributed by atoms with van der Waals surface area (Å²) in [4.78, 5) is 50.5. The predicted molar refractivity (Wildman–Crippen MR) is 86.3 cm³/mol. The van der Waals surface area contributed by atoms with Gasteiger partial charge in [-0.25, -0.2) is 4.79 Å². The Morgan fingerprint density at radius 2 is 1.88 bits per heavy atom. The number of hydrogen-bond donors (Lipinski definition) is 2. The number of likely N-dealkylation sites (tertiary alicyclic amines) is 1. The molecule has 2 aliphatic heterocycles. The molecule has 2 saturated heterocycles. The van der Waals surface area contributed by atoms with E-state index in [-0.39, 0.29) is 25.3 Å². The summed E-state index contributed by atoms with van der Waals surface area (Å²) in [6.07, 6.45) is 0.0552. The molecule has 2 aliphatic rings. The van der Waals surface area contributed by atoms with Crippen LogP contribution in [-0.2, 0) is 20.9 Å². The third-order valence-corrected chi connectivity index (χ3v) is 4.53. The molecule has 2 fully saturated rings. The van der Waals surface area contributed by atoms with Gasteiger partial charge in [0.1, 0.15) is 6.04 Å². The van der Waals surface area contributed by atoms with E-state index in [0.29, 0.717) is 13.0 Å². The van der Waals surface area contributed by atoms with E-state index in [9.17, 15) is 19.2 Å². The fraction of sp³-hybridized carbons (Fsp3) is 0.412. The van der Waals surface area contributed by atoms with E-state index in [1.54, 1.807) is 0 Å². The van der Waals surface area contributed by atoms with Gasteiger partial charge in [0.25, 0.3) is 5.91 Å². The van der Waals surface area contributed by atoms with Crippen LogP contribution in [0.5, 0.6) is 0 Å². The smallest absolute Gasteiger partial charge is 0.324 e. The molecule has 132 valence electrons. The Kier molecular flexibility index (Phi) is 4.69. The lowest BCUT2D eigenvalue weighted by molar-refractivity contribution is -0.145. The second-order valence-electron chi connectivity index (χ2n) is 6.18. The van der Waals surface area contributed by atoms with Gasteiger partial charge in [0, 0.05) is 13.0 Å². The molecule has 4 amide bonds. The average Bonchev–Trinajstić information content (AvgIpc) is 3.01. The summed E-state index contributed by atoms with van der Waals surface area (Å²) in [5, 5.41) is 11.5. The largest absolute Gasteiger partial charge is 0.481 e. The van der Waals surface area contributed by atoms with E-state index in [1.165, 1.54) is 4.90 Å². The molecule has 2 N–H and O–H groups in total. The number of aliphatic carboxylic acids is 1. The van der Waals surface area contributed by atoms with Crippen molar-refractivity contribution < 1.29 is 24.3 Å². The molecule has 1 aromatic carbocycles. The van der Waals surface area contributed by atoms with Gasteiger partial charge < -0.3 is 15.3 Å². The summed E-state index contributed by atoms with van der Waals surface area (Å²) < 4.78 is 0. The molecule has 25 heavy (non-hydrogen) atoms. The van der Waals surface area contributed by atoms with E-state index in [1.807, 2.05) is 30.3 Å². The van der Waals surface area contributed by atoms with Crippen molar-refractivity contribution in [1.82, 2.24) is 15.1 Å². The third kappa shape index (κ3) is 3.47. The van der Waals surface area contributed by atoms with Crippen LogP contribution >= 0.6 is 0 Å². The van der Waals surface area contributed by atoms with Crippen molar-refractivity contribution in [2.45, 2.75) is 37.9 Å². The zero-order valence-electron chi connectivity index (χ0n) is 13.6. The number of carbonyl (C=O) groups is 4. The lowest BCUT2D eigenvalue weighted by atomic mass is 10.0. The predicted octanol–water partition coefficient (Wildman–Crippen LogP) is 0.573. The van der Waals surface area contributed by atoms with Crippen LogP contribution < -0.4 is 5.32 Å². The Labute approximate surface area is 144 Å². The van der Waals surface area contributed by atoms with Gasteiger partial charge >= 0.3 is 12.0 Å². The monoisotopic (exact) mass is 345 g/mol. The van der Waals surface area contributed by atoms with Crippen molar-refractivity contribution in [3.8, 4) is 0 Å². The summed E-state index contributed by atoms with van der Waals surface area (Å²) in [7, 11) is 0. The molecular formula is C17H19N3O5. The Morgan fingerprint density at radius 3 is 2.56 bits per heavy atom. The first-order valence-electron chi connectivity index (χ1n) is 8.14. The molecule has 0 spiro atoms. The molecule has 8 heteroatoms.